The first kappa shape index (κ1) is 24.9. The Morgan fingerprint density at radius 1 is 0.971 bits per heavy atom. The first-order valence-electron chi connectivity index (χ1n) is 9.72. The number of benzene rings is 3. The van der Waals surface area contributed by atoms with E-state index in [2.05, 4.69) is 10.4 Å². The van der Waals surface area contributed by atoms with Crippen LogP contribution in [-0.2, 0) is 0 Å². The number of hydrogen-bond donors (Lipinski definition) is 1. The number of nitrogens with zero attached hydrogens (tertiary/aromatic N) is 3. The second kappa shape index (κ2) is 10.2. The van der Waals surface area contributed by atoms with Gasteiger partial charge >= 0.3 is 6.03 Å². The molecule has 3 aromatic carbocycles. The maximum atomic E-state index is 15.1. The summed E-state index contributed by atoms with van der Waals surface area (Å²) in [5, 5.41) is 6.62. The van der Waals surface area contributed by atoms with Crippen LogP contribution >= 0.6 is 46.6 Å². The molecule has 4 rings (SSSR count). The van der Waals surface area contributed by atoms with E-state index in [0.29, 0.717) is 22.0 Å². The maximum Gasteiger partial charge on any atom is 0.343 e. The Balaban J connectivity index is 1.65. The van der Waals surface area contributed by atoms with Crippen molar-refractivity contribution in [2.24, 2.45) is 0 Å². The van der Waals surface area contributed by atoms with Crippen molar-refractivity contribution in [3.8, 4) is 16.9 Å². The second-order valence-corrected chi connectivity index (χ2v) is 8.60. The number of urea groups is 1. The number of nitrogens with one attached hydrogen (secondary N) is 1. The quantitative estimate of drug-likeness (QED) is 0.208. The molecule has 0 aliphatic rings. The number of halogens is 6. The molecule has 0 spiro atoms. The zero-order valence-electron chi connectivity index (χ0n) is 17.3. The Morgan fingerprint density at radius 2 is 1.63 bits per heavy atom. The van der Waals surface area contributed by atoms with E-state index in [1.165, 1.54) is 18.3 Å². The van der Waals surface area contributed by atoms with Crippen LogP contribution in [0.15, 0.2) is 66.9 Å². The first-order chi connectivity index (χ1) is 16.7. The lowest BCUT2D eigenvalue weighted by molar-refractivity contribution is 0.0884. The minimum Gasteiger partial charge on any atom is -0.306 e. The average molecular weight is 556 g/mol. The molecule has 1 heterocycles. The molecule has 0 saturated carbocycles. The molecule has 0 aliphatic heterocycles. The number of imide groups is 1. The van der Waals surface area contributed by atoms with Crippen LogP contribution < -0.4 is 5.32 Å². The Kier molecular flexibility index (Phi) is 7.28. The molecule has 6 nitrogen and oxygen atoms in total. The van der Waals surface area contributed by atoms with Gasteiger partial charge in [-0.15, -0.1) is 0 Å². The van der Waals surface area contributed by atoms with Crippen LogP contribution in [-0.4, -0.2) is 26.1 Å². The number of hydrogen-bond acceptors (Lipinski definition) is 3. The lowest BCUT2D eigenvalue weighted by Gasteiger charge is -2.16. The van der Waals surface area contributed by atoms with Crippen LogP contribution in [0.25, 0.3) is 16.9 Å². The predicted molar refractivity (Wildman–Crippen MR) is 131 cm³/mol. The lowest BCUT2D eigenvalue weighted by Crippen LogP contribution is -2.33. The fourth-order valence-corrected chi connectivity index (χ4v) is 3.84. The van der Waals surface area contributed by atoms with Gasteiger partial charge in [0.1, 0.15) is 22.1 Å². The van der Waals surface area contributed by atoms with Crippen LogP contribution in [0.5, 0.6) is 0 Å². The number of para-hydroxylation sites is 1. The fourth-order valence-electron chi connectivity index (χ4n) is 3.11. The molecule has 178 valence electrons. The number of amides is 3. The fraction of sp³-hybridized carbons (Fsp3) is 0. The highest BCUT2D eigenvalue weighted by molar-refractivity contribution is 6.36. The van der Waals surface area contributed by atoms with Gasteiger partial charge in [-0.2, -0.15) is 9.52 Å². The zero-order chi connectivity index (χ0) is 25.3. The minimum absolute atomic E-state index is 0.0217. The molecular weight excluding hydrogens is 544 g/mol. The molecule has 12 heteroatoms. The molecule has 3 amide bonds. The number of aromatic nitrogens is 2. The van der Waals surface area contributed by atoms with Gasteiger partial charge in [-0.3, -0.25) is 4.79 Å². The van der Waals surface area contributed by atoms with E-state index in [0.717, 1.165) is 10.7 Å². The van der Waals surface area contributed by atoms with E-state index in [-0.39, 0.29) is 15.1 Å². The summed E-state index contributed by atoms with van der Waals surface area (Å²) in [5.74, 6) is -4.20. The Labute approximate surface area is 217 Å². The second-order valence-electron chi connectivity index (χ2n) is 7.04. The summed E-state index contributed by atoms with van der Waals surface area (Å²) in [4.78, 5) is 24.9. The number of carbonyl (C=O) groups is 2. The van der Waals surface area contributed by atoms with Gasteiger partial charge in [-0.05, 0) is 24.3 Å². The van der Waals surface area contributed by atoms with Crippen molar-refractivity contribution in [2.45, 2.75) is 0 Å². The van der Waals surface area contributed by atoms with Gasteiger partial charge in [-0.1, -0.05) is 65.1 Å². The summed E-state index contributed by atoms with van der Waals surface area (Å²) in [6.07, 6.45) is 1.30. The summed E-state index contributed by atoms with van der Waals surface area (Å²) in [6, 6.07) is 14.3. The van der Waals surface area contributed by atoms with Crippen molar-refractivity contribution in [1.29, 1.82) is 0 Å². The molecule has 4 aromatic rings. The molecular formula is C23H12Cl4F2N4O2. The Bertz CT molecular complexity index is 1430. The highest BCUT2D eigenvalue weighted by Gasteiger charge is 2.30. The molecule has 1 aromatic heterocycles. The van der Waals surface area contributed by atoms with Gasteiger partial charge in [0, 0.05) is 34.1 Å². The molecule has 1 N–H and O–H groups in total. The SMILES string of the molecule is O=C(Nc1ccccc1)N(Cl)C(=O)c1c(F)cc(-n2cc(Cl)c(-c3ccc(Cl)cc3)n2)c(Cl)c1F. The third kappa shape index (κ3) is 5.11. The van der Waals surface area contributed by atoms with Crippen LogP contribution in [0.3, 0.4) is 0 Å². The van der Waals surface area contributed by atoms with E-state index >= 15 is 4.39 Å². The van der Waals surface area contributed by atoms with Crippen molar-refractivity contribution in [3.05, 3.63) is 99.1 Å². The average Bonchev–Trinajstić information content (AvgIpc) is 3.23. The molecule has 0 unspecified atom stereocenters. The number of rotatable bonds is 4. The van der Waals surface area contributed by atoms with Crippen molar-refractivity contribution in [2.75, 3.05) is 5.32 Å². The van der Waals surface area contributed by atoms with Crippen LogP contribution in [0.4, 0.5) is 19.3 Å². The van der Waals surface area contributed by atoms with Crippen molar-refractivity contribution < 1.29 is 18.4 Å². The summed E-state index contributed by atoms with van der Waals surface area (Å²) in [7, 11) is 0. The van der Waals surface area contributed by atoms with E-state index < -0.39 is 34.2 Å². The Morgan fingerprint density at radius 3 is 2.29 bits per heavy atom. The third-order valence-electron chi connectivity index (χ3n) is 4.77. The van der Waals surface area contributed by atoms with Crippen molar-refractivity contribution in [1.82, 2.24) is 14.2 Å². The maximum absolute atomic E-state index is 15.1. The Hall–Kier alpha value is -3.17. The van der Waals surface area contributed by atoms with Gasteiger partial charge < -0.3 is 5.32 Å². The van der Waals surface area contributed by atoms with E-state index in [1.807, 2.05) is 0 Å². The van der Waals surface area contributed by atoms with Crippen LogP contribution in [0.1, 0.15) is 10.4 Å². The molecule has 35 heavy (non-hydrogen) atoms. The van der Waals surface area contributed by atoms with Gasteiger partial charge in [0.2, 0.25) is 0 Å². The van der Waals surface area contributed by atoms with Crippen molar-refractivity contribution in [3.63, 3.8) is 0 Å². The number of carbonyl (C=O) groups excluding carboxylic acids is 2. The van der Waals surface area contributed by atoms with Gasteiger partial charge in [0.05, 0.1) is 16.9 Å². The van der Waals surface area contributed by atoms with Gasteiger partial charge in [-0.25, -0.2) is 18.3 Å². The topological polar surface area (TPSA) is 67.2 Å². The highest BCUT2D eigenvalue weighted by atomic mass is 35.5. The predicted octanol–water partition coefficient (Wildman–Crippen LogP) is 7.61. The number of anilines is 1. The largest absolute Gasteiger partial charge is 0.343 e. The van der Waals surface area contributed by atoms with Crippen LogP contribution in [0, 0.1) is 11.6 Å². The molecule has 0 radical (unpaired) electrons. The zero-order valence-corrected chi connectivity index (χ0v) is 20.3. The monoisotopic (exact) mass is 554 g/mol. The summed E-state index contributed by atoms with van der Waals surface area (Å²) < 4.78 is 31.1. The smallest absolute Gasteiger partial charge is 0.306 e. The third-order valence-corrected chi connectivity index (χ3v) is 5.96. The van der Waals surface area contributed by atoms with Gasteiger partial charge in [0.15, 0.2) is 5.82 Å². The normalized spacial score (nSPS) is 10.8. The minimum atomic E-state index is -1.45. The van der Waals surface area contributed by atoms with Gasteiger partial charge in [0.25, 0.3) is 5.91 Å². The molecule has 0 aliphatic carbocycles. The lowest BCUT2D eigenvalue weighted by atomic mass is 10.1. The van der Waals surface area contributed by atoms with E-state index in [9.17, 15) is 14.0 Å². The standard InChI is InChI=1S/C23H12Cl4F2N4O2/c24-13-8-6-12(7-9-13)21-15(25)11-32(31-21)17-10-16(28)18(20(29)19(17)26)22(34)33(27)23(35)30-14-4-2-1-3-5-14/h1-11H,(H,30,35). The van der Waals surface area contributed by atoms with E-state index in [1.54, 1.807) is 42.5 Å². The summed E-state index contributed by atoms with van der Waals surface area (Å²) in [5.41, 5.74) is -0.116. The van der Waals surface area contributed by atoms with Crippen LogP contribution in [0.2, 0.25) is 15.1 Å². The first-order valence-corrected chi connectivity index (χ1v) is 11.2. The molecule has 0 atom stereocenters. The summed E-state index contributed by atoms with van der Waals surface area (Å²) in [6.45, 7) is 0. The molecule has 0 fully saturated rings. The molecule has 0 saturated heterocycles. The summed E-state index contributed by atoms with van der Waals surface area (Å²) >= 11 is 24.0. The van der Waals surface area contributed by atoms with E-state index in [4.69, 9.17) is 46.6 Å². The molecule has 0 bridgehead atoms. The van der Waals surface area contributed by atoms with Crippen molar-refractivity contribution >= 4 is 64.2 Å². The highest BCUT2D eigenvalue weighted by Crippen LogP contribution is 2.33.